The molecular weight excluding hydrogens is 290 g/mol. The van der Waals surface area contributed by atoms with Crippen LogP contribution in [-0.2, 0) is 0 Å². The zero-order valence-electron chi connectivity index (χ0n) is 10.6. The Morgan fingerprint density at radius 3 is 2.81 bits per heavy atom. The number of benzene rings is 1. The molecule has 0 saturated heterocycles. The summed E-state index contributed by atoms with van der Waals surface area (Å²) in [6, 6.07) is 9.13. The predicted molar refractivity (Wildman–Crippen MR) is 76.4 cm³/mol. The van der Waals surface area contributed by atoms with Crippen molar-refractivity contribution in [3.05, 3.63) is 53.8 Å². The molecule has 0 spiro atoms. The van der Waals surface area contributed by atoms with Gasteiger partial charge in [-0.15, -0.1) is 0 Å². The molecule has 21 heavy (non-hydrogen) atoms. The molecule has 0 atom stereocenters. The monoisotopic (exact) mass is 297 g/mol. The zero-order valence-corrected chi connectivity index (χ0v) is 11.4. The van der Waals surface area contributed by atoms with Gasteiger partial charge in [0, 0.05) is 12.4 Å². The number of nitrogens with zero attached hydrogens (tertiary/aromatic N) is 6. The maximum atomic E-state index is 9.07. The Balaban J connectivity index is 1.98. The Morgan fingerprint density at radius 1 is 1.19 bits per heavy atom. The maximum Gasteiger partial charge on any atom is 0.241 e. The van der Waals surface area contributed by atoms with E-state index in [1.807, 2.05) is 6.07 Å². The second kappa shape index (κ2) is 5.56. The first-order valence-electron chi connectivity index (χ1n) is 5.92. The predicted octanol–water partition coefficient (Wildman–Crippen LogP) is 2.33. The van der Waals surface area contributed by atoms with Crippen LogP contribution in [-0.4, -0.2) is 24.5 Å². The minimum atomic E-state index is 0.0469. The lowest BCUT2D eigenvalue weighted by Gasteiger charge is -2.08. The molecule has 2 heterocycles. The fraction of sp³-hybridized carbons (Fsp3) is 0. The van der Waals surface area contributed by atoms with Crippen LogP contribution >= 0.6 is 11.6 Å². The Bertz CT molecular complexity index is 808. The molecule has 0 unspecified atom stereocenters. The third-order valence-electron chi connectivity index (χ3n) is 2.63. The molecule has 0 aliphatic carbocycles. The maximum absolute atomic E-state index is 9.07. The van der Waals surface area contributed by atoms with Crippen molar-refractivity contribution in [3.8, 4) is 12.0 Å². The number of nitriles is 1. The number of para-hydroxylation sites is 1. The summed E-state index contributed by atoms with van der Waals surface area (Å²) >= 11 is 5.91. The van der Waals surface area contributed by atoms with Crippen LogP contribution in [0.5, 0.6) is 0 Å². The summed E-state index contributed by atoms with van der Waals surface area (Å²) in [6.07, 6.45) is 4.85. The fourth-order valence-electron chi connectivity index (χ4n) is 1.70. The van der Waals surface area contributed by atoms with Crippen molar-refractivity contribution >= 4 is 23.2 Å². The Morgan fingerprint density at radius 2 is 2.05 bits per heavy atom. The molecule has 102 valence electrons. The number of hydrogen-bond acceptors (Lipinski definition) is 6. The van der Waals surface area contributed by atoms with E-state index in [1.165, 1.54) is 0 Å². The average molecular weight is 298 g/mol. The Kier molecular flexibility index (Phi) is 3.45. The van der Waals surface area contributed by atoms with Gasteiger partial charge in [-0.2, -0.15) is 20.2 Å². The third-order valence-corrected chi connectivity index (χ3v) is 2.79. The molecule has 0 saturated carbocycles. The molecule has 0 aliphatic heterocycles. The van der Waals surface area contributed by atoms with Crippen LogP contribution < -0.4 is 5.32 Å². The van der Waals surface area contributed by atoms with Crippen molar-refractivity contribution in [2.24, 2.45) is 0 Å². The van der Waals surface area contributed by atoms with Gasteiger partial charge in [0.15, 0.2) is 0 Å². The van der Waals surface area contributed by atoms with Crippen LogP contribution in [0.2, 0.25) is 5.28 Å². The summed E-state index contributed by atoms with van der Waals surface area (Å²) in [6.45, 7) is 0. The molecule has 0 fully saturated rings. The van der Waals surface area contributed by atoms with Gasteiger partial charge in [-0.3, -0.25) is 4.57 Å². The van der Waals surface area contributed by atoms with E-state index in [0.717, 1.165) is 0 Å². The molecule has 7 nitrogen and oxygen atoms in total. The van der Waals surface area contributed by atoms with Crippen molar-refractivity contribution in [1.82, 2.24) is 24.5 Å². The van der Waals surface area contributed by atoms with Crippen molar-refractivity contribution in [1.29, 1.82) is 5.26 Å². The first-order valence-corrected chi connectivity index (χ1v) is 6.30. The Hall–Kier alpha value is -2.98. The SMILES string of the molecule is N#Cc1ccccc1Nc1nc(Cl)nc(-n2ccnc2)n1. The van der Waals surface area contributed by atoms with Crippen molar-refractivity contribution < 1.29 is 0 Å². The third kappa shape index (κ3) is 2.80. The molecule has 2 aromatic heterocycles. The molecule has 0 bridgehead atoms. The number of anilines is 2. The zero-order chi connectivity index (χ0) is 14.7. The second-order valence-corrected chi connectivity index (χ2v) is 4.32. The summed E-state index contributed by atoms with van der Waals surface area (Å²) in [5.41, 5.74) is 1.08. The minimum absolute atomic E-state index is 0.0469. The standard InChI is InChI=1S/C13H8ClN7/c14-11-18-12(17-10-4-2-1-3-9(10)7-15)20-13(19-11)21-6-5-16-8-21/h1-6,8H,(H,17,18,19,20). The van der Waals surface area contributed by atoms with E-state index in [1.54, 1.807) is 41.5 Å². The molecule has 3 aromatic rings. The topological polar surface area (TPSA) is 92.3 Å². The molecule has 1 aromatic carbocycles. The van der Waals surface area contributed by atoms with Crippen LogP contribution in [0.15, 0.2) is 43.0 Å². The van der Waals surface area contributed by atoms with Crippen LogP contribution in [0.1, 0.15) is 5.56 Å². The number of hydrogen-bond donors (Lipinski definition) is 1. The van der Waals surface area contributed by atoms with Crippen LogP contribution in [0.25, 0.3) is 5.95 Å². The molecule has 0 radical (unpaired) electrons. The van der Waals surface area contributed by atoms with Crippen LogP contribution in [0.4, 0.5) is 11.6 Å². The fourth-order valence-corrected chi connectivity index (χ4v) is 1.85. The smallest absolute Gasteiger partial charge is 0.241 e. The van der Waals surface area contributed by atoms with E-state index >= 15 is 0 Å². The van der Waals surface area contributed by atoms with Crippen LogP contribution in [0, 0.1) is 11.3 Å². The highest BCUT2D eigenvalue weighted by molar-refractivity contribution is 6.28. The highest BCUT2D eigenvalue weighted by Gasteiger charge is 2.08. The van der Waals surface area contributed by atoms with E-state index < -0.39 is 0 Å². The molecule has 3 rings (SSSR count). The lowest BCUT2D eigenvalue weighted by Crippen LogP contribution is -2.06. The van der Waals surface area contributed by atoms with Gasteiger partial charge in [0.25, 0.3) is 0 Å². The van der Waals surface area contributed by atoms with Gasteiger partial charge in [0.1, 0.15) is 12.4 Å². The van der Waals surface area contributed by atoms with Gasteiger partial charge in [-0.05, 0) is 23.7 Å². The highest BCUT2D eigenvalue weighted by atomic mass is 35.5. The van der Waals surface area contributed by atoms with Crippen LogP contribution in [0.3, 0.4) is 0 Å². The molecule has 0 aliphatic rings. The first-order chi connectivity index (χ1) is 10.3. The van der Waals surface area contributed by atoms with Crippen molar-refractivity contribution in [2.45, 2.75) is 0 Å². The molecule has 8 heteroatoms. The number of imidazole rings is 1. The first kappa shape index (κ1) is 13.0. The van der Waals surface area contributed by atoms with Gasteiger partial charge < -0.3 is 5.32 Å². The molecule has 1 N–H and O–H groups in total. The van der Waals surface area contributed by atoms with Gasteiger partial charge >= 0.3 is 0 Å². The number of nitrogens with one attached hydrogen (secondary N) is 1. The summed E-state index contributed by atoms with van der Waals surface area (Å²) in [7, 11) is 0. The second-order valence-electron chi connectivity index (χ2n) is 3.98. The quantitative estimate of drug-likeness (QED) is 0.797. The van der Waals surface area contributed by atoms with Gasteiger partial charge in [0.05, 0.1) is 11.3 Å². The number of rotatable bonds is 3. The summed E-state index contributed by atoms with van der Waals surface area (Å²) < 4.78 is 1.61. The number of aromatic nitrogens is 5. The minimum Gasteiger partial charge on any atom is -0.323 e. The van der Waals surface area contributed by atoms with Crippen molar-refractivity contribution in [3.63, 3.8) is 0 Å². The van der Waals surface area contributed by atoms with Gasteiger partial charge in [0.2, 0.25) is 17.2 Å². The van der Waals surface area contributed by atoms with E-state index in [-0.39, 0.29) is 11.2 Å². The van der Waals surface area contributed by atoms with E-state index in [0.29, 0.717) is 17.2 Å². The summed E-state index contributed by atoms with van der Waals surface area (Å²) in [5.74, 6) is 0.589. The van der Waals surface area contributed by atoms with Gasteiger partial charge in [-0.25, -0.2) is 4.98 Å². The lowest BCUT2D eigenvalue weighted by atomic mass is 10.2. The summed E-state index contributed by atoms with van der Waals surface area (Å²) in [4.78, 5) is 16.2. The Labute approximate surface area is 124 Å². The average Bonchev–Trinajstić information content (AvgIpc) is 3.01. The molecular formula is C13H8ClN7. The normalized spacial score (nSPS) is 10.1. The van der Waals surface area contributed by atoms with Crippen molar-refractivity contribution in [2.75, 3.05) is 5.32 Å². The molecule has 0 amide bonds. The van der Waals surface area contributed by atoms with E-state index in [2.05, 4.69) is 31.3 Å². The number of halogens is 1. The van der Waals surface area contributed by atoms with Gasteiger partial charge in [-0.1, -0.05) is 12.1 Å². The largest absolute Gasteiger partial charge is 0.323 e. The van der Waals surface area contributed by atoms with E-state index in [4.69, 9.17) is 16.9 Å². The van der Waals surface area contributed by atoms with E-state index in [9.17, 15) is 0 Å². The summed E-state index contributed by atoms with van der Waals surface area (Å²) in [5, 5.41) is 12.1. The lowest BCUT2D eigenvalue weighted by molar-refractivity contribution is 0.899. The highest BCUT2D eigenvalue weighted by Crippen LogP contribution is 2.19.